The van der Waals surface area contributed by atoms with Crippen molar-refractivity contribution in [2.45, 2.75) is 32.2 Å². The van der Waals surface area contributed by atoms with E-state index in [0.29, 0.717) is 18.8 Å². The van der Waals surface area contributed by atoms with Crippen LogP contribution in [-0.4, -0.2) is 64.6 Å². The number of halogens is 1. The van der Waals surface area contributed by atoms with Gasteiger partial charge in [-0.05, 0) is 19.1 Å². The van der Waals surface area contributed by atoms with E-state index in [0.717, 1.165) is 5.70 Å². The topological polar surface area (TPSA) is 90.4 Å². The predicted molar refractivity (Wildman–Crippen MR) is 96.9 cm³/mol. The lowest BCUT2D eigenvalue weighted by molar-refractivity contribution is 0.0779. The van der Waals surface area contributed by atoms with Crippen LogP contribution in [0.25, 0.3) is 0 Å². The Balaban J connectivity index is 2.16. The number of hydrogen-bond donors (Lipinski definition) is 3. The quantitative estimate of drug-likeness (QED) is 0.594. The monoisotopic (exact) mass is 363 g/mol. The number of aliphatic hydroxyl groups excluding tert-OH is 1. The standard InChI is InChI=1S/C18H26FN5O2/c1-5-13(19)17(11(2)12(3)25)22-16-10-24(9-15(16)20-4)18(26)14-7-6-8-21-23-14/h5-8,11-13,17,20,22,25H,1,9-10H2,2-4H3/t11-,12-,13?,17?/m1/s1. The summed E-state index contributed by atoms with van der Waals surface area (Å²) >= 11 is 0. The molecule has 7 nitrogen and oxygen atoms in total. The average molecular weight is 363 g/mol. The van der Waals surface area contributed by atoms with Gasteiger partial charge in [-0.25, -0.2) is 4.39 Å². The minimum atomic E-state index is -1.34. The molecule has 1 aliphatic rings. The van der Waals surface area contributed by atoms with Gasteiger partial charge in [0.05, 0.1) is 36.6 Å². The number of likely N-dealkylation sites (N-methyl/N-ethyl adjacent to an activating group) is 1. The second-order valence-corrected chi connectivity index (χ2v) is 6.43. The molecule has 2 unspecified atom stereocenters. The van der Waals surface area contributed by atoms with Crippen molar-refractivity contribution in [1.82, 2.24) is 25.7 Å². The van der Waals surface area contributed by atoms with E-state index in [-0.39, 0.29) is 17.5 Å². The molecule has 1 aliphatic heterocycles. The van der Waals surface area contributed by atoms with Crippen molar-refractivity contribution < 1.29 is 14.3 Å². The number of hydrogen-bond acceptors (Lipinski definition) is 6. The Labute approximate surface area is 153 Å². The first kappa shape index (κ1) is 19.8. The summed E-state index contributed by atoms with van der Waals surface area (Å²) in [6, 6.07) is 2.60. The zero-order valence-electron chi connectivity index (χ0n) is 15.3. The molecule has 2 rings (SSSR count). The van der Waals surface area contributed by atoms with Crippen molar-refractivity contribution in [3.63, 3.8) is 0 Å². The van der Waals surface area contributed by atoms with E-state index in [1.54, 1.807) is 37.9 Å². The lowest BCUT2D eigenvalue weighted by Gasteiger charge is -2.30. The van der Waals surface area contributed by atoms with Crippen molar-refractivity contribution in [2.75, 3.05) is 20.1 Å². The van der Waals surface area contributed by atoms with E-state index in [1.807, 2.05) is 0 Å². The van der Waals surface area contributed by atoms with Crippen LogP contribution < -0.4 is 10.6 Å². The van der Waals surface area contributed by atoms with E-state index in [1.165, 1.54) is 12.3 Å². The molecule has 8 heteroatoms. The summed E-state index contributed by atoms with van der Waals surface area (Å²) < 4.78 is 14.4. The first-order valence-electron chi connectivity index (χ1n) is 8.57. The maximum absolute atomic E-state index is 14.4. The van der Waals surface area contributed by atoms with Gasteiger partial charge in [-0.1, -0.05) is 13.0 Å². The molecule has 0 saturated carbocycles. The molecule has 0 saturated heterocycles. The number of carbonyl (C=O) groups excluding carboxylic acids is 1. The van der Waals surface area contributed by atoms with E-state index in [2.05, 4.69) is 27.4 Å². The van der Waals surface area contributed by atoms with Crippen molar-refractivity contribution in [2.24, 2.45) is 5.92 Å². The molecule has 1 aromatic rings. The van der Waals surface area contributed by atoms with Crippen LogP contribution in [0.1, 0.15) is 24.3 Å². The van der Waals surface area contributed by atoms with Crippen molar-refractivity contribution in [1.29, 1.82) is 0 Å². The first-order chi connectivity index (χ1) is 12.4. The first-order valence-corrected chi connectivity index (χ1v) is 8.57. The van der Waals surface area contributed by atoms with E-state index < -0.39 is 18.3 Å². The second-order valence-electron chi connectivity index (χ2n) is 6.43. The third-order valence-electron chi connectivity index (χ3n) is 4.68. The molecular formula is C18H26FN5O2. The molecule has 0 aliphatic carbocycles. The van der Waals surface area contributed by atoms with Gasteiger partial charge in [-0.3, -0.25) is 4.79 Å². The van der Waals surface area contributed by atoms with Crippen LogP contribution in [0.4, 0.5) is 4.39 Å². The normalized spacial score (nSPS) is 18.9. The Morgan fingerprint density at radius 1 is 1.42 bits per heavy atom. The van der Waals surface area contributed by atoms with Crippen LogP contribution in [-0.2, 0) is 0 Å². The SMILES string of the molecule is C=CC(F)C(NC1=C(NC)CN(C(=O)c2cccnn2)C1)[C@H](C)[C@@H](C)O. The summed E-state index contributed by atoms with van der Waals surface area (Å²) in [4.78, 5) is 14.2. The number of nitrogens with one attached hydrogen (secondary N) is 2. The van der Waals surface area contributed by atoms with Gasteiger partial charge in [-0.15, -0.1) is 11.7 Å². The average Bonchev–Trinajstić information content (AvgIpc) is 3.07. The van der Waals surface area contributed by atoms with Gasteiger partial charge in [-0.2, -0.15) is 5.10 Å². The Morgan fingerprint density at radius 2 is 2.12 bits per heavy atom. The largest absolute Gasteiger partial charge is 0.393 e. The third kappa shape index (κ3) is 4.37. The molecular weight excluding hydrogens is 337 g/mol. The minimum Gasteiger partial charge on any atom is -0.393 e. The highest BCUT2D eigenvalue weighted by molar-refractivity contribution is 5.92. The summed E-state index contributed by atoms with van der Waals surface area (Å²) in [7, 11) is 1.75. The molecule has 3 N–H and O–H groups in total. The molecule has 0 spiro atoms. The smallest absolute Gasteiger partial charge is 0.275 e. The number of carbonyl (C=O) groups is 1. The van der Waals surface area contributed by atoms with Crippen molar-refractivity contribution >= 4 is 5.91 Å². The fraction of sp³-hybridized carbons (Fsp3) is 0.500. The van der Waals surface area contributed by atoms with E-state index in [9.17, 15) is 14.3 Å². The molecule has 0 radical (unpaired) electrons. The molecule has 0 bridgehead atoms. The lowest BCUT2D eigenvalue weighted by atomic mass is 9.92. The summed E-state index contributed by atoms with van der Waals surface area (Å²) in [5.41, 5.74) is 1.76. The fourth-order valence-corrected chi connectivity index (χ4v) is 2.86. The third-order valence-corrected chi connectivity index (χ3v) is 4.68. The van der Waals surface area contributed by atoms with E-state index in [4.69, 9.17) is 0 Å². The van der Waals surface area contributed by atoms with Gasteiger partial charge >= 0.3 is 0 Å². The minimum absolute atomic E-state index is 0.247. The van der Waals surface area contributed by atoms with Gasteiger partial charge in [0, 0.05) is 19.2 Å². The highest BCUT2D eigenvalue weighted by Gasteiger charge is 2.33. The zero-order valence-corrected chi connectivity index (χ0v) is 15.3. The zero-order chi connectivity index (χ0) is 19.3. The maximum atomic E-state index is 14.4. The number of amides is 1. The van der Waals surface area contributed by atoms with Gasteiger partial charge in [0.2, 0.25) is 0 Å². The van der Waals surface area contributed by atoms with Gasteiger partial charge < -0.3 is 20.6 Å². The molecule has 142 valence electrons. The second kappa shape index (κ2) is 8.75. The van der Waals surface area contributed by atoms with Crippen molar-refractivity contribution in [3.8, 4) is 0 Å². The van der Waals surface area contributed by atoms with Gasteiger partial charge in [0.1, 0.15) is 6.17 Å². The predicted octanol–water partition coefficient (Wildman–Crippen LogP) is 0.863. The Morgan fingerprint density at radius 3 is 2.65 bits per heavy atom. The lowest BCUT2D eigenvalue weighted by Crippen LogP contribution is -2.46. The van der Waals surface area contributed by atoms with Crippen LogP contribution in [0.3, 0.4) is 0 Å². The van der Waals surface area contributed by atoms with Crippen LogP contribution in [0.15, 0.2) is 42.4 Å². The van der Waals surface area contributed by atoms with E-state index >= 15 is 0 Å². The van der Waals surface area contributed by atoms with Crippen molar-refractivity contribution in [3.05, 3.63) is 48.1 Å². The summed E-state index contributed by atoms with van der Waals surface area (Å²) in [6.45, 7) is 7.56. The fourth-order valence-electron chi connectivity index (χ4n) is 2.86. The number of aromatic nitrogens is 2. The molecule has 4 atom stereocenters. The van der Waals surface area contributed by atoms with Crippen LogP contribution in [0.5, 0.6) is 0 Å². The molecule has 2 heterocycles. The Kier molecular flexibility index (Phi) is 6.68. The summed E-state index contributed by atoms with van der Waals surface area (Å²) in [5, 5.41) is 23.7. The van der Waals surface area contributed by atoms with Crippen LogP contribution in [0.2, 0.25) is 0 Å². The highest BCUT2D eigenvalue weighted by atomic mass is 19.1. The molecule has 1 aromatic heterocycles. The molecule has 1 amide bonds. The Bertz CT molecular complexity index is 665. The highest BCUT2D eigenvalue weighted by Crippen LogP contribution is 2.21. The number of rotatable bonds is 8. The number of nitrogens with zero attached hydrogens (tertiary/aromatic N) is 3. The Hall–Kier alpha value is -2.48. The number of aliphatic hydroxyl groups is 1. The summed E-state index contributed by atoms with van der Waals surface area (Å²) in [6.07, 6.45) is 0.690. The van der Waals surface area contributed by atoms with Gasteiger partial charge in [0.15, 0.2) is 5.69 Å². The maximum Gasteiger partial charge on any atom is 0.275 e. The molecule has 0 fully saturated rings. The van der Waals surface area contributed by atoms with Crippen LogP contribution >= 0.6 is 0 Å². The summed E-state index contributed by atoms with van der Waals surface area (Å²) in [5.74, 6) is -0.596. The van der Waals surface area contributed by atoms with Gasteiger partial charge in [0.25, 0.3) is 5.91 Å². The van der Waals surface area contributed by atoms with Crippen LogP contribution in [0, 0.1) is 5.92 Å². The number of alkyl halides is 1. The molecule has 0 aromatic carbocycles. The molecule has 26 heavy (non-hydrogen) atoms.